The summed E-state index contributed by atoms with van der Waals surface area (Å²) in [5.41, 5.74) is 8.69. The van der Waals surface area contributed by atoms with E-state index in [1.54, 1.807) is 0 Å². The lowest BCUT2D eigenvalue weighted by molar-refractivity contribution is 0.122. The number of aromatic nitrogens is 2. The van der Waals surface area contributed by atoms with Crippen molar-refractivity contribution in [2.24, 2.45) is 0 Å². The van der Waals surface area contributed by atoms with Crippen LogP contribution in [0.4, 0.5) is 5.82 Å². The van der Waals surface area contributed by atoms with Crippen molar-refractivity contribution >= 4 is 22.5 Å². The molecule has 2 aliphatic rings. The smallest absolute Gasteiger partial charge is 0.128 e. The Kier molecular flexibility index (Phi) is 12.3. The van der Waals surface area contributed by atoms with E-state index in [4.69, 9.17) is 14.7 Å². The topological polar surface area (TPSA) is 38.2 Å². The number of hydrogen-bond donors (Lipinski definition) is 0. The van der Waals surface area contributed by atoms with Crippen molar-refractivity contribution in [3.63, 3.8) is 0 Å². The summed E-state index contributed by atoms with van der Waals surface area (Å²) in [6, 6.07) is 18.9. The minimum absolute atomic E-state index is 0.757. The second-order valence-electron chi connectivity index (χ2n) is 9.23. The van der Waals surface area contributed by atoms with Crippen molar-refractivity contribution in [2.75, 3.05) is 31.2 Å². The van der Waals surface area contributed by atoms with Gasteiger partial charge in [0.25, 0.3) is 0 Å². The van der Waals surface area contributed by atoms with Crippen LogP contribution in [0.2, 0.25) is 0 Å². The number of anilines is 1. The zero-order valence-corrected chi connectivity index (χ0v) is 24.6. The highest BCUT2D eigenvalue weighted by atomic mass is 16.5. The molecule has 1 fully saturated rings. The maximum atomic E-state index is 5.43. The highest BCUT2D eigenvalue weighted by Gasteiger charge is 2.20. The highest BCUT2D eigenvalue weighted by Crippen LogP contribution is 2.36. The first kappa shape index (κ1) is 30.5. The van der Waals surface area contributed by atoms with E-state index in [1.165, 1.54) is 5.56 Å². The zero-order valence-electron chi connectivity index (χ0n) is 24.6. The molecule has 0 saturated carbocycles. The molecule has 0 spiro atoms. The number of morpholine rings is 1. The third-order valence-corrected chi connectivity index (χ3v) is 6.74. The van der Waals surface area contributed by atoms with Crippen LogP contribution in [-0.4, -0.2) is 36.3 Å². The number of allylic oxidation sites excluding steroid dienone is 7. The predicted octanol–water partition coefficient (Wildman–Crippen LogP) is 8.58. The summed E-state index contributed by atoms with van der Waals surface area (Å²) in [4.78, 5) is 11.9. The van der Waals surface area contributed by atoms with E-state index >= 15 is 0 Å². The number of rotatable bonds is 6. The third-order valence-electron chi connectivity index (χ3n) is 6.74. The average molecular weight is 534 g/mol. The first-order chi connectivity index (χ1) is 19.6. The number of nitrogens with zero attached hydrogens (tertiary/aromatic N) is 3. The fraction of sp³-hybridized carbons (Fsp3) is 0.278. The lowest BCUT2D eigenvalue weighted by Crippen LogP contribution is -2.36. The largest absolute Gasteiger partial charge is 0.378 e. The molecular weight excluding hydrogens is 490 g/mol. The molecule has 40 heavy (non-hydrogen) atoms. The summed E-state index contributed by atoms with van der Waals surface area (Å²) in [5.74, 6) is 0.998. The Morgan fingerprint density at radius 2 is 1.75 bits per heavy atom. The summed E-state index contributed by atoms with van der Waals surface area (Å²) >= 11 is 0. The molecule has 208 valence electrons. The molecule has 0 amide bonds. The van der Waals surface area contributed by atoms with Crippen molar-refractivity contribution in [3.8, 4) is 0 Å². The van der Waals surface area contributed by atoms with Gasteiger partial charge in [0, 0.05) is 36.0 Å². The van der Waals surface area contributed by atoms with Crippen LogP contribution in [-0.2, 0) is 11.2 Å². The molecule has 4 heteroatoms. The average Bonchev–Trinajstić information content (AvgIpc) is 3.03. The molecule has 1 aromatic carbocycles. The molecule has 0 unspecified atom stereocenters. The van der Waals surface area contributed by atoms with Gasteiger partial charge in [0.2, 0.25) is 0 Å². The molecule has 2 aromatic heterocycles. The maximum Gasteiger partial charge on any atom is 0.128 e. The standard InChI is InChI=1S/C24H25N3O.C10H12.C2H6/c1-4-18(5-2)22-10-9-20-17(3)6-8-21(24(20)26-22)19-7-11-23(25-16-19)27-12-14-28-15-13-27;1-2-3-7-10-8-5-4-6-9-10;1-2/h4-5,7-11,16H,1,3,6,12-15H2,2H3;2-6,8-9H,7H2,1H3;1-2H3/b18-5+;3-2-;. The summed E-state index contributed by atoms with van der Waals surface area (Å²) in [7, 11) is 0. The van der Waals surface area contributed by atoms with Gasteiger partial charge < -0.3 is 9.64 Å². The predicted molar refractivity (Wildman–Crippen MR) is 172 cm³/mol. The van der Waals surface area contributed by atoms with Gasteiger partial charge in [-0.3, -0.25) is 0 Å². The number of fused-ring (bicyclic) bond motifs is 1. The zero-order chi connectivity index (χ0) is 28.7. The lowest BCUT2D eigenvalue weighted by atomic mass is 9.88. The second kappa shape index (κ2) is 16.2. The number of hydrogen-bond acceptors (Lipinski definition) is 4. The van der Waals surface area contributed by atoms with Gasteiger partial charge in [-0.25, -0.2) is 9.97 Å². The van der Waals surface area contributed by atoms with Gasteiger partial charge in [-0.1, -0.05) is 93.8 Å². The molecule has 0 bridgehead atoms. The van der Waals surface area contributed by atoms with E-state index < -0.39 is 0 Å². The highest BCUT2D eigenvalue weighted by molar-refractivity contribution is 5.90. The van der Waals surface area contributed by atoms with Gasteiger partial charge in [0.15, 0.2) is 0 Å². The summed E-state index contributed by atoms with van der Waals surface area (Å²) in [6.45, 7) is 19.5. The molecule has 3 heterocycles. The van der Waals surface area contributed by atoms with Crippen LogP contribution in [0.15, 0.2) is 104 Å². The Balaban J connectivity index is 0.000000309. The summed E-state index contributed by atoms with van der Waals surface area (Å²) < 4.78 is 5.43. The molecule has 0 radical (unpaired) electrons. The van der Waals surface area contributed by atoms with Gasteiger partial charge >= 0.3 is 0 Å². The molecule has 1 aliphatic heterocycles. The molecule has 1 aliphatic carbocycles. The van der Waals surface area contributed by atoms with Gasteiger partial charge in [-0.05, 0) is 61.6 Å². The minimum Gasteiger partial charge on any atom is -0.378 e. The first-order valence-corrected chi connectivity index (χ1v) is 14.3. The van der Waals surface area contributed by atoms with E-state index in [9.17, 15) is 0 Å². The van der Waals surface area contributed by atoms with Crippen molar-refractivity contribution in [1.82, 2.24) is 9.97 Å². The Hall–Kier alpha value is -4.02. The minimum atomic E-state index is 0.757. The van der Waals surface area contributed by atoms with Gasteiger partial charge in [-0.15, -0.1) is 0 Å². The quantitative estimate of drug-likeness (QED) is 0.235. The van der Waals surface area contributed by atoms with Crippen LogP contribution in [0.1, 0.15) is 62.2 Å². The van der Waals surface area contributed by atoms with Crippen LogP contribution in [0.3, 0.4) is 0 Å². The molecule has 5 rings (SSSR count). The Labute approximate surface area is 241 Å². The number of benzene rings is 1. The van der Waals surface area contributed by atoms with Crippen molar-refractivity contribution in [3.05, 3.63) is 132 Å². The Bertz CT molecular complexity index is 1330. The fourth-order valence-electron chi connectivity index (χ4n) is 4.56. The lowest BCUT2D eigenvalue weighted by Gasteiger charge is -2.28. The van der Waals surface area contributed by atoms with E-state index in [1.807, 2.05) is 58.2 Å². The van der Waals surface area contributed by atoms with Gasteiger partial charge in [0.05, 0.1) is 24.6 Å². The number of ether oxygens (including phenoxy) is 1. The molecule has 0 N–H and O–H groups in total. The molecule has 1 saturated heterocycles. The van der Waals surface area contributed by atoms with E-state index in [-0.39, 0.29) is 0 Å². The second-order valence-corrected chi connectivity index (χ2v) is 9.23. The van der Waals surface area contributed by atoms with E-state index in [0.29, 0.717) is 0 Å². The van der Waals surface area contributed by atoms with Crippen LogP contribution in [0.5, 0.6) is 0 Å². The van der Waals surface area contributed by atoms with Crippen LogP contribution in [0.25, 0.3) is 16.7 Å². The van der Waals surface area contributed by atoms with Crippen LogP contribution >= 0.6 is 0 Å². The maximum absolute atomic E-state index is 5.43. The Morgan fingerprint density at radius 1 is 1.00 bits per heavy atom. The monoisotopic (exact) mass is 533 g/mol. The van der Waals surface area contributed by atoms with Crippen molar-refractivity contribution in [1.29, 1.82) is 0 Å². The molecular formula is C36H43N3O. The molecule has 3 aromatic rings. The normalized spacial score (nSPS) is 14.8. The van der Waals surface area contributed by atoms with E-state index in [0.717, 1.165) is 84.2 Å². The van der Waals surface area contributed by atoms with Gasteiger partial charge in [0.1, 0.15) is 5.82 Å². The van der Waals surface area contributed by atoms with Crippen molar-refractivity contribution < 1.29 is 4.74 Å². The first-order valence-electron chi connectivity index (χ1n) is 14.3. The van der Waals surface area contributed by atoms with Crippen LogP contribution in [0, 0.1) is 0 Å². The van der Waals surface area contributed by atoms with E-state index in [2.05, 4.69) is 78.8 Å². The fourth-order valence-corrected chi connectivity index (χ4v) is 4.56. The Morgan fingerprint density at radius 3 is 2.38 bits per heavy atom. The SMILES string of the molecule is C/C=C\Cc1ccccc1.C=C/C(=C\C)c1ccc2c(n1)C(c1ccc(N3CCOCC3)nc1)=CCC2=C.CC. The van der Waals surface area contributed by atoms with Gasteiger partial charge in [-0.2, -0.15) is 0 Å². The molecule has 0 atom stereocenters. The van der Waals surface area contributed by atoms with Crippen LogP contribution < -0.4 is 4.90 Å². The third kappa shape index (κ3) is 8.00. The van der Waals surface area contributed by atoms with Crippen molar-refractivity contribution in [2.45, 2.75) is 40.5 Å². The molecule has 4 nitrogen and oxygen atoms in total. The summed E-state index contributed by atoms with van der Waals surface area (Å²) in [6.07, 6.45) is 14.1. The summed E-state index contributed by atoms with van der Waals surface area (Å²) in [5, 5.41) is 0. The number of pyridine rings is 2.